The number of benzene rings is 5. The van der Waals surface area contributed by atoms with Crippen LogP contribution in [0, 0.1) is 5.92 Å². The normalized spacial score (nSPS) is 18.9. The number of urea groups is 1. The number of imidazole rings is 1. The molecule has 3 N–H and O–H groups in total. The van der Waals surface area contributed by atoms with Crippen molar-refractivity contribution >= 4 is 23.0 Å². The molecule has 5 atom stereocenters. The van der Waals surface area contributed by atoms with Crippen LogP contribution in [0.25, 0.3) is 22.2 Å². The van der Waals surface area contributed by atoms with Gasteiger partial charge >= 0.3 is 12.0 Å². The molecule has 6 aromatic rings. The first kappa shape index (κ1) is 36.5. The molecule has 10 nitrogen and oxygen atoms in total. The highest BCUT2D eigenvalue weighted by molar-refractivity contribution is 5.83. The summed E-state index contributed by atoms with van der Waals surface area (Å²) in [4.78, 5) is 30.0. The first-order valence-electron chi connectivity index (χ1n) is 18.1. The average Bonchev–Trinajstić information content (AvgIpc) is 3.63. The zero-order chi connectivity index (χ0) is 37.4. The molecule has 0 aliphatic carbocycles. The Morgan fingerprint density at radius 1 is 0.815 bits per heavy atom. The molecule has 0 radical (unpaired) electrons. The number of nitrogens with zero attached hydrogens (tertiary/aromatic N) is 2. The SMILES string of the molecule is COC(=O)[C@H](Cc1ccccc1)NC(=O)NCc1cccc(-c2cccc([C@@H]3O[C@H](Cn4cnc5ccccc54)[C@H](C)[C@H](c4ccc(CO)cc4)O3)c2)c1. The van der Waals surface area contributed by atoms with Gasteiger partial charge in [-0.15, -0.1) is 0 Å². The van der Waals surface area contributed by atoms with Gasteiger partial charge in [-0.1, -0.05) is 110 Å². The summed E-state index contributed by atoms with van der Waals surface area (Å²) in [5.41, 5.74) is 8.47. The molecule has 5 aromatic carbocycles. The van der Waals surface area contributed by atoms with Gasteiger partial charge in [0.1, 0.15) is 6.04 Å². The van der Waals surface area contributed by atoms with Gasteiger partial charge in [-0.3, -0.25) is 0 Å². The van der Waals surface area contributed by atoms with E-state index in [1.165, 1.54) is 7.11 Å². The van der Waals surface area contributed by atoms with Gasteiger partial charge in [-0.25, -0.2) is 14.6 Å². The van der Waals surface area contributed by atoms with Gasteiger partial charge in [0.05, 0.1) is 49.8 Å². The molecule has 10 heteroatoms. The van der Waals surface area contributed by atoms with Gasteiger partial charge in [0, 0.05) is 24.4 Å². The molecule has 276 valence electrons. The number of hydrogen-bond acceptors (Lipinski definition) is 7. The van der Waals surface area contributed by atoms with E-state index in [1.807, 2.05) is 122 Å². The molecule has 7 rings (SSSR count). The van der Waals surface area contributed by atoms with Crippen molar-refractivity contribution in [3.63, 3.8) is 0 Å². The number of methoxy groups -OCH3 is 1. The third-order valence-corrected chi connectivity index (χ3v) is 9.97. The fraction of sp³-hybridized carbons (Fsp3) is 0.250. The fourth-order valence-corrected chi connectivity index (χ4v) is 6.98. The topological polar surface area (TPSA) is 124 Å². The Morgan fingerprint density at radius 2 is 1.54 bits per heavy atom. The molecule has 1 saturated heterocycles. The summed E-state index contributed by atoms with van der Waals surface area (Å²) in [6.07, 6.45) is 1.09. The predicted molar refractivity (Wildman–Crippen MR) is 206 cm³/mol. The molecule has 0 saturated carbocycles. The largest absolute Gasteiger partial charge is 0.467 e. The van der Waals surface area contributed by atoms with Crippen LogP contribution in [0.2, 0.25) is 0 Å². The highest BCUT2D eigenvalue weighted by atomic mass is 16.7. The van der Waals surface area contributed by atoms with Crippen molar-refractivity contribution in [1.82, 2.24) is 20.2 Å². The Balaban J connectivity index is 1.08. The molecular formula is C44H44N4O6. The van der Waals surface area contributed by atoms with Crippen LogP contribution in [-0.4, -0.2) is 45.9 Å². The summed E-state index contributed by atoms with van der Waals surface area (Å²) in [7, 11) is 1.31. The number of amides is 2. The Bertz CT molecular complexity index is 2190. The zero-order valence-corrected chi connectivity index (χ0v) is 30.3. The minimum Gasteiger partial charge on any atom is -0.467 e. The lowest BCUT2D eigenvalue weighted by Gasteiger charge is -2.41. The second-order valence-electron chi connectivity index (χ2n) is 13.6. The molecule has 0 unspecified atom stereocenters. The van der Waals surface area contributed by atoms with Crippen molar-refractivity contribution in [2.45, 2.75) is 57.6 Å². The van der Waals surface area contributed by atoms with Crippen LogP contribution in [0.4, 0.5) is 4.79 Å². The lowest BCUT2D eigenvalue weighted by molar-refractivity contribution is -0.276. The number of rotatable bonds is 12. The second-order valence-corrected chi connectivity index (χ2v) is 13.6. The number of ether oxygens (including phenoxy) is 3. The average molecular weight is 725 g/mol. The molecule has 0 bridgehead atoms. The molecule has 1 fully saturated rings. The zero-order valence-electron chi connectivity index (χ0n) is 30.3. The van der Waals surface area contributed by atoms with Gasteiger partial charge in [-0.2, -0.15) is 0 Å². The van der Waals surface area contributed by atoms with Crippen LogP contribution < -0.4 is 10.6 Å². The van der Waals surface area contributed by atoms with Crippen LogP contribution in [0.3, 0.4) is 0 Å². The maximum atomic E-state index is 12.9. The minimum atomic E-state index is -0.822. The van der Waals surface area contributed by atoms with Crippen LogP contribution in [0.1, 0.15) is 47.1 Å². The number of carbonyl (C=O) groups excluding carboxylic acids is 2. The lowest BCUT2D eigenvalue weighted by atomic mass is 9.90. The van der Waals surface area contributed by atoms with Crippen LogP contribution in [0.15, 0.2) is 134 Å². The van der Waals surface area contributed by atoms with E-state index >= 15 is 0 Å². The Labute approximate surface area is 314 Å². The standard InChI is InChI=1S/C44H44N4O6/c1-29-40(26-48-28-46-37-16-6-7-17-39(37)48)53-43(54-41(29)33-20-18-31(27-49)19-21-33)36-15-9-14-35(24-36)34-13-8-12-32(22-34)25-45-44(51)47-38(42(50)52-2)23-30-10-4-3-5-11-30/h3-22,24,28-29,38,40-41,43,49H,23,25-27H2,1-2H3,(H2,45,47,51)/t29-,38-,40+,41+,43+/m0/s1. The van der Waals surface area contributed by atoms with Crippen molar-refractivity contribution in [3.05, 3.63) is 162 Å². The van der Waals surface area contributed by atoms with E-state index in [4.69, 9.17) is 14.2 Å². The molecule has 0 spiro atoms. The summed E-state index contributed by atoms with van der Waals surface area (Å²) in [6, 6.07) is 40.3. The van der Waals surface area contributed by atoms with E-state index in [-0.39, 0.29) is 31.3 Å². The lowest BCUT2D eigenvalue weighted by Crippen LogP contribution is -2.47. The van der Waals surface area contributed by atoms with Gasteiger partial charge in [0.15, 0.2) is 6.29 Å². The van der Waals surface area contributed by atoms with E-state index < -0.39 is 24.3 Å². The second kappa shape index (κ2) is 16.9. The highest BCUT2D eigenvalue weighted by Crippen LogP contribution is 2.43. The number of hydrogen-bond donors (Lipinski definition) is 3. The van der Waals surface area contributed by atoms with Crippen molar-refractivity contribution in [2.75, 3.05) is 7.11 Å². The molecule has 2 amide bonds. The summed E-state index contributed by atoms with van der Waals surface area (Å²) in [5.74, 6) is -0.503. The number of esters is 1. The summed E-state index contributed by atoms with van der Waals surface area (Å²) < 4.78 is 20.6. The van der Waals surface area contributed by atoms with Crippen molar-refractivity contribution in [3.8, 4) is 11.1 Å². The number of aromatic nitrogens is 2. The Kier molecular flexibility index (Phi) is 11.4. The quantitative estimate of drug-likeness (QED) is 0.114. The maximum absolute atomic E-state index is 12.9. The highest BCUT2D eigenvalue weighted by Gasteiger charge is 2.39. The Hall–Kier alpha value is -5.81. The van der Waals surface area contributed by atoms with Crippen LogP contribution in [0.5, 0.6) is 0 Å². The molecular weight excluding hydrogens is 681 g/mol. The summed E-state index contributed by atoms with van der Waals surface area (Å²) in [6.45, 7) is 2.99. The van der Waals surface area contributed by atoms with Crippen molar-refractivity contribution in [2.24, 2.45) is 5.92 Å². The first-order chi connectivity index (χ1) is 26.4. The van der Waals surface area contributed by atoms with Crippen LogP contribution >= 0.6 is 0 Å². The molecule has 1 aliphatic heterocycles. The van der Waals surface area contributed by atoms with Crippen molar-refractivity contribution < 1.29 is 28.9 Å². The molecule has 1 aromatic heterocycles. The van der Waals surface area contributed by atoms with E-state index in [0.717, 1.165) is 50.0 Å². The molecule has 2 heterocycles. The monoisotopic (exact) mass is 724 g/mol. The van der Waals surface area contributed by atoms with E-state index in [9.17, 15) is 14.7 Å². The number of aliphatic hydroxyl groups is 1. The third kappa shape index (κ3) is 8.52. The van der Waals surface area contributed by atoms with E-state index in [0.29, 0.717) is 13.0 Å². The number of nitrogens with one attached hydrogen (secondary N) is 2. The van der Waals surface area contributed by atoms with Gasteiger partial charge in [0.2, 0.25) is 0 Å². The van der Waals surface area contributed by atoms with Gasteiger partial charge in [0.25, 0.3) is 0 Å². The first-order valence-corrected chi connectivity index (χ1v) is 18.1. The number of aliphatic hydroxyl groups excluding tert-OH is 1. The third-order valence-electron chi connectivity index (χ3n) is 9.97. The summed E-state index contributed by atoms with van der Waals surface area (Å²) in [5, 5.41) is 15.3. The van der Waals surface area contributed by atoms with Crippen molar-refractivity contribution in [1.29, 1.82) is 0 Å². The Morgan fingerprint density at radius 3 is 2.31 bits per heavy atom. The van der Waals surface area contributed by atoms with E-state index in [1.54, 1.807) is 0 Å². The number of carbonyl (C=O) groups is 2. The number of fused-ring (bicyclic) bond motifs is 1. The van der Waals surface area contributed by atoms with Crippen LogP contribution in [-0.2, 0) is 45.1 Å². The van der Waals surface area contributed by atoms with Gasteiger partial charge < -0.3 is 34.5 Å². The molecule has 1 aliphatic rings. The minimum absolute atomic E-state index is 0.00758. The summed E-state index contributed by atoms with van der Waals surface area (Å²) >= 11 is 0. The smallest absolute Gasteiger partial charge is 0.328 e. The number of para-hydroxylation sites is 2. The van der Waals surface area contributed by atoms with E-state index in [2.05, 4.69) is 39.2 Å². The fourth-order valence-electron chi connectivity index (χ4n) is 6.98. The van der Waals surface area contributed by atoms with Gasteiger partial charge in [-0.05, 0) is 57.6 Å². The predicted octanol–water partition coefficient (Wildman–Crippen LogP) is 7.27. The molecule has 54 heavy (non-hydrogen) atoms. The maximum Gasteiger partial charge on any atom is 0.328 e.